The predicted octanol–water partition coefficient (Wildman–Crippen LogP) is 3.53. The Hall–Kier alpha value is -2.12. The van der Waals surface area contributed by atoms with Crippen molar-refractivity contribution in [2.45, 2.75) is 39.3 Å². The molecule has 0 spiro atoms. The molecule has 1 unspecified atom stereocenters. The summed E-state index contributed by atoms with van der Waals surface area (Å²) in [5.74, 6) is 2.34. The van der Waals surface area contributed by atoms with Crippen LogP contribution in [-0.2, 0) is 11.3 Å². The third-order valence-electron chi connectivity index (χ3n) is 4.99. The highest BCUT2D eigenvalue weighted by Gasteiger charge is 2.33. The van der Waals surface area contributed by atoms with Gasteiger partial charge in [0, 0.05) is 31.4 Å². The van der Waals surface area contributed by atoms with Crippen LogP contribution < -0.4 is 19.7 Å². The monoisotopic (exact) mass is 387 g/mol. The van der Waals surface area contributed by atoms with Gasteiger partial charge in [0.1, 0.15) is 13.2 Å². The molecule has 144 valence electrons. The molecule has 4 rings (SSSR count). The molecule has 1 N–H and O–H groups in total. The second-order valence-electron chi connectivity index (χ2n) is 6.98. The van der Waals surface area contributed by atoms with Crippen LogP contribution in [0.15, 0.2) is 23.6 Å². The highest BCUT2D eigenvalue weighted by atomic mass is 32.1. The summed E-state index contributed by atoms with van der Waals surface area (Å²) in [4.78, 5) is 18.0. The number of aromatic nitrogens is 1. The highest BCUT2D eigenvalue weighted by Crippen LogP contribution is 2.43. The van der Waals surface area contributed by atoms with Crippen LogP contribution in [0.4, 0.5) is 5.13 Å². The zero-order chi connectivity index (χ0) is 18.8. The maximum atomic E-state index is 11.7. The Morgan fingerprint density at radius 3 is 2.81 bits per heavy atom. The second kappa shape index (κ2) is 7.86. The minimum atomic E-state index is 0.0264. The summed E-state index contributed by atoms with van der Waals surface area (Å²) in [5, 5.41) is 6.46. The number of nitrogens with zero attached hydrogens (tertiary/aromatic N) is 2. The highest BCUT2D eigenvalue weighted by molar-refractivity contribution is 7.14. The molecule has 2 heterocycles. The summed E-state index contributed by atoms with van der Waals surface area (Å²) in [6, 6.07) is 6.52. The van der Waals surface area contributed by atoms with Crippen molar-refractivity contribution in [3.05, 3.63) is 34.8 Å². The van der Waals surface area contributed by atoms with E-state index < -0.39 is 0 Å². The molecule has 1 saturated carbocycles. The molecule has 27 heavy (non-hydrogen) atoms. The van der Waals surface area contributed by atoms with Crippen LogP contribution in [0.25, 0.3) is 0 Å². The van der Waals surface area contributed by atoms with Gasteiger partial charge in [0.05, 0.1) is 5.69 Å². The van der Waals surface area contributed by atoms with Gasteiger partial charge >= 0.3 is 0 Å². The number of thiazole rings is 1. The lowest BCUT2D eigenvalue weighted by atomic mass is 10.0. The first-order chi connectivity index (χ1) is 13.2. The first-order valence-corrected chi connectivity index (χ1v) is 10.4. The van der Waals surface area contributed by atoms with Crippen LogP contribution in [0.5, 0.6) is 11.5 Å². The molecule has 1 fully saturated rings. The van der Waals surface area contributed by atoms with E-state index in [2.05, 4.69) is 22.4 Å². The average Bonchev–Trinajstić information content (AvgIpc) is 3.41. The van der Waals surface area contributed by atoms with Gasteiger partial charge in [-0.05, 0) is 43.4 Å². The number of hydrogen-bond donors (Lipinski definition) is 1. The Bertz CT molecular complexity index is 819. The number of nitrogens with one attached hydrogen (secondary N) is 1. The molecule has 1 amide bonds. The number of anilines is 1. The van der Waals surface area contributed by atoms with Gasteiger partial charge in [-0.3, -0.25) is 9.69 Å². The summed E-state index contributed by atoms with van der Waals surface area (Å²) in [6.07, 6.45) is 2.48. The molecule has 1 aromatic heterocycles. The van der Waals surface area contributed by atoms with Gasteiger partial charge in [0.25, 0.3) is 0 Å². The molecule has 0 radical (unpaired) electrons. The Kier molecular flexibility index (Phi) is 5.31. The van der Waals surface area contributed by atoms with Gasteiger partial charge in [-0.25, -0.2) is 4.98 Å². The van der Waals surface area contributed by atoms with Crippen molar-refractivity contribution in [3.8, 4) is 11.5 Å². The van der Waals surface area contributed by atoms with Crippen molar-refractivity contribution >= 4 is 22.4 Å². The van der Waals surface area contributed by atoms with Gasteiger partial charge in [-0.2, -0.15) is 0 Å². The van der Waals surface area contributed by atoms with E-state index in [4.69, 9.17) is 9.47 Å². The summed E-state index contributed by atoms with van der Waals surface area (Å²) in [7, 11) is 0. The van der Waals surface area contributed by atoms with E-state index in [1.165, 1.54) is 29.7 Å². The largest absolute Gasteiger partial charge is 0.486 e. The fraction of sp³-hybridized carbons (Fsp3) is 0.500. The molecule has 1 atom stereocenters. The Labute approximate surface area is 163 Å². The lowest BCUT2D eigenvalue weighted by molar-refractivity contribution is -0.116. The molecule has 0 bridgehead atoms. The van der Waals surface area contributed by atoms with E-state index in [0.717, 1.165) is 22.3 Å². The maximum Gasteiger partial charge on any atom is 0.225 e. The molecule has 2 aliphatic rings. The Balaban J connectivity index is 1.46. The van der Waals surface area contributed by atoms with E-state index in [0.29, 0.717) is 32.2 Å². The lowest BCUT2D eigenvalue weighted by Gasteiger charge is -2.23. The van der Waals surface area contributed by atoms with Gasteiger partial charge < -0.3 is 14.8 Å². The zero-order valence-electron chi connectivity index (χ0n) is 15.7. The molecule has 6 nitrogen and oxygen atoms in total. The Morgan fingerprint density at radius 2 is 2.11 bits per heavy atom. The minimum absolute atomic E-state index is 0.0264. The summed E-state index contributed by atoms with van der Waals surface area (Å²) >= 11 is 1.52. The Morgan fingerprint density at radius 1 is 1.33 bits per heavy atom. The van der Waals surface area contributed by atoms with Gasteiger partial charge in [0.15, 0.2) is 16.6 Å². The molecule has 2 aromatic rings. The number of fused-ring (bicyclic) bond motifs is 1. The molecule has 1 aromatic carbocycles. The van der Waals surface area contributed by atoms with Crippen molar-refractivity contribution < 1.29 is 14.3 Å². The van der Waals surface area contributed by atoms with Gasteiger partial charge in [-0.15, -0.1) is 11.3 Å². The van der Waals surface area contributed by atoms with E-state index in [1.54, 1.807) is 11.8 Å². The molecule has 1 aliphatic heterocycles. The van der Waals surface area contributed by atoms with Crippen molar-refractivity contribution in [3.63, 3.8) is 0 Å². The second-order valence-corrected chi connectivity index (χ2v) is 7.82. The first kappa shape index (κ1) is 18.3. The van der Waals surface area contributed by atoms with Crippen molar-refractivity contribution in [2.24, 2.45) is 5.92 Å². The smallest absolute Gasteiger partial charge is 0.225 e. The van der Waals surface area contributed by atoms with Crippen molar-refractivity contribution in [1.29, 1.82) is 0 Å². The average molecular weight is 388 g/mol. The number of amides is 1. The first-order valence-electron chi connectivity index (χ1n) is 9.51. The molecule has 0 saturated heterocycles. The number of carbonyl (C=O) groups excluding carboxylic acids is 1. The third-order valence-corrected chi connectivity index (χ3v) is 5.90. The summed E-state index contributed by atoms with van der Waals surface area (Å²) < 4.78 is 11.4. The number of carbonyl (C=O) groups is 1. The van der Waals surface area contributed by atoms with Crippen LogP contribution in [-0.4, -0.2) is 30.6 Å². The van der Waals surface area contributed by atoms with Crippen molar-refractivity contribution in [2.75, 3.05) is 24.7 Å². The molecular formula is C20H25N3O3S. The number of ether oxygens (including phenoxy) is 2. The van der Waals surface area contributed by atoms with Crippen LogP contribution >= 0.6 is 11.3 Å². The summed E-state index contributed by atoms with van der Waals surface area (Å²) in [6.45, 7) is 6.07. The van der Waals surface area contributed by atoms with Crippen LogP contribution in [0.3, 0.4) is 0 Å². The zero-order valence-corrected chi connectivity index (χ0v) is 16.6. The lowest BCUT2D eigenvalue weighted by Crippen LogP contribution is -2.28. The van der Waals surface area contributed by atoms with E-state index >= 15 is 0 Å². The number of benzene rings is 1. The van der Waals surface area contributed by atoms with Crippen LogP contribution in [0.1, 0.15) is 44.0 Å². The summed E-state index contributed by atoms with van der Waals surface area (Å²) in [5.41, 5.74) is 2.20. The van der Waals surface area contributed by atoms with Crippen LogP contribution in [0.2, 0.25) is 0 Å². The van der Waals surface area contributed by atoms with E-state index in [-0.39, 0.29) is 11.9 Å². The van der Waals surface area contributed by atoms with E-state index in [1.807, 2.05) is 18.4 Å². The number of hydrogen-bond acceptors (Lipinski definition) is 6. The predicted molar refractivity (Wildman–Crippen MR) is 106 cm³/mol. The molecule has 1 aliphatic carbocycles. The van der Waals surface area contributed by atoms with Crippen molar-refractivity contribution in [1.82, 2.24) is 10.3 Å². The van der Waals surface area contributed by atoms with Gasteiger partial charge in [-0.1, -0.05) is 6.07 Å². The fourth-order valence-electron chi connectivity index (χ4n) is 3.45. The van der Waals surface area contributed by atoms with E-state index in [9.17, 15) is 4.79 Å². The minimum Gasteiger partial charge on any atom is -0.486 e. The normalized spacial score (nSPS) is 16.8. The SMILES string of the molecule is CCN(C(C)=O)c1nc(CNC(c2ccc3c(c2)OCCO3)C2CC2)cs1. The quantitative estimate of drug-likeness (QED) is 0.787. The molecule has 7 heteroatoms. The topological polar surface area (TPSA) is 63.7 Å². The molecular weight excluding hydrogens is 362 g/mol. The van der Waals surface area contributed by atoms with Crippen LogP contribution in [0, 0.1) is 5.92 Å². The fourth-order valence-corrected chi connectivity index (χ4v) is 4.38. The number of rotatable bonds is 7. The third kappa shape index (κ3) is 4.09. The standard InChI is InChI=1S/C20H25N3O3S/c1-3-23(13(2)24)20-22-16(12-27-20)11-21-19(14-4-5-14)15-6-7-17-18(10-15)26-9-8-25-17/h6-7,10,12,14,19,21H,3-5,8-9,11H2,1-2H3. The maximum absolute atomic E-state index is 11.7. The van der Waals surface area contributed by atoms with Gasteiger partial charge in [0.2, 0.25) is 5.91 Å².